The molecule has 3 aliphatic rings. The number of nitrogens with one attached hydrogen (secondary N) is 2. The summed E-state index contributed by atoms with van der Waals surface area (Å²) in [5.41, 5.74) is 2.95. The maximum atomic E-state index is 6.02. The number of aliphatic imine (C=N–C) groups is 1. The fourth-order valence-corrected chi connectivity index (χ4v) is 4.90. The van der Waals surface area contributed by atoms with Crippen molar-refractivity contribution in [3.8, 4) is 0 Å². The van der Waals surface area contributed by atoms with Crippen LogP contribution in [0.15, 0.2) is 29.3 Å². The Morgan fingerprint density at radius 3 is 2.88 bits per heavy atom. The van der Waals surface area contributed by atoms with Crippen molar-refractivity contribution in [3.05, 3.63) is 35.4 Å². The molecule has 4 nitrogen and oxygen atoms in total. The molecular weight excluding hydrogens is 425 g/mol. The van der Waals surface area contributed by atoms with Crippen LogP contribution in [-0.2, 0) is 11.3 Å². The lowest BCUT2D eigenvalue weighted by atomic mass is 9.46. The first kappa shape index (κ1) is 19.0. The fourth-order valence-electron chi connectivity index (χ4n) is 4.90. The van der Waals surface area contributed by atoms with Crippen LogP contribution in [0.25, 0.3) is 0 Å². The molecule has 1 saturated heterocycles. The molecule has 1 spiro atoms. The van der Waals surface area contributed by atoms with Crippen LogP contribution in [0.1, 0.15) is 43.7 Å². The quantitative estimate of drug-likeness (QED) is 0.414. The van der Waals surface area contributed by atoms with Gasteiger partial charge in [0, 0.05) is 30.5 Å². The van der Waals surface area contributed by atoms with E-state index in [1.165, 1.54) is 36.8 Å². The van der Waals surface area contributed by atoms with Gasteiger partial charge in [-0.25, -0.2) is 4.99 Å². The molecule has 0 aromatic heterocycles. The van der Waals surface area contributed by atoms with Crippen molar-refractivity contribution in [2.75, 3.05) is 13.2 Å². The summed E-state index contributed by atoms with van der Waals surface area (Å²) in [6.07, 6.45) is 5.67. The van der Waals surface area contributed by atoms with Gasteiger partial charge in [-0.3, -0.25) is 0 Å². The zero-order valence-electron chi connectivity index (χ0n) is 15.3. The number of nitrogens with zero attached hydrogens (tertiary/aromatic N) is 1. The molecule has 1 aliphatic heterocycles. The Labute approximate surface area is 168 Å². The molecule has 138 valence electrons. The van der Waals surface area contributed by atoms with Gasteiger partial charge in [-0.2, -0.15) is 0 Å². The molecule has 1 heterocycles. The minimum Gasteiger partial charge on any atom is -0.377 e. The van der Waals surface area contributed by atoms with Crippen LogP contribution in [0.5, 0.6) is 0 Å². The second-order valence-corrected chi connectivity index (χ2v) is 7.64. The van der Waals surface area contributed by atoms with E-state index in [9.17, 15) is 0 Å². The molecule has 5 heteroatoms. The molecule has 0 bridgehead atoms. The maximum absolute atomic E-state index is 6.02. The summed E-state index contributed by atoms with van der Waals surface area (Å²) >= 11 is 0. The molecular formula is C20H30IN3O. The molecule has 2 N–H and O–H groups in total. The second kappa shape index (κ2) is 7.82. The number of guanidine groups is 1. The highest BCUT2D eigenvalue weighted by molar-refractivity contribution is 14.0. The predicted molar refractivity (Wildman–Crippen MR) is 112 cm³/mol. The molecule has 3 unspecified atom stereocenters. The number of hydrogen-bond donors (Lipinski definition) is 2. The number of benzene rings is 1. The van der Waals surface area contributed by atoms with Crippen molar-refractivity contribution in [1.82, 2.24) is 10.6 Å². The largest absolute Gasteiger partial charge is 0.377 e. The van der Waals surface area contributed by atoms with E-state index in [-0.39, 0.29) is 24.0 Å². The molecule has 4 rings (SSSR count). The lowest BCUT2D eigenvalue weighted by Crippen LogP contribution is -2.72. The maximum Gasteiger partial charge on any atom is 0.191 e. The first-order valence-corrected chi connectivity index (χ1v) is 9.45. The number of fused-ring (bicyclic) bond motifs is 2. The molecule has 2 aliphatic carbocycles. The van der Waals surface area contributed by atoms with Crippen LogP contribution in [0.4, 0.5) is 0 Å². The first-order valence-electron chi connectivity index (χ1n) is 9.45. The van der Waals surface area contributed by atoms with E-state index < -0.39 is 0 Å². The number of halogens is 1. The highest BCUT2D eigenvalue weighted by atomic mass is 127. The van der Waals surface area contributed by atoms with Gasteiger partial charge in [-0.15, -0.1) is 24.0 Å². The van der Waals surface area contributed by atoms with Gasteiger partial charge in [-0.1, -0.05) is 36.2 Å². The summed E-state index contributed by atoms with van der Waals surface area (Å²) in [6.45, 7) is 6.81. The van der Waals surface area contributed by atoms with E-state index in [2.05, 4.69) is 48.7 Å². The average molecular weight is 455 g/mol. The molecule has 1 aromatic carbocycles. The minimum absolute atomic E-state index is 0. The zero-order chi connectivity index (χ0) is 16.6. The smallest absolute Gasteiger partial charge is 0.191 e. The van der Waals surface area contributed by atoms with E-state index in [4.69, 9.17) is 9.73 Å². The second-order valence-electron chi connectivity index (χ2n) is 7.64. The minimum atomic E-state index is 0. The first-order chi connectivity index (χ1) is 11.7. The van der Waals surface area contributed by atoms with E-state index in [1.807, 2.05) is 0 Å². The van der Waals surface area contributed by atoms with Crippen LogP contribution in [0.3, 0.4) is 0 Å². The van der Waals surface area contributed by atoms with Crippen molar-refractivity contribution in [3.63, 3.8) is 0 Å². The van der Waals surface area contributed by atoms with E-state index in [0.29, 0.717) is 23.5 Å². The third-order valence-corrected chi connectivity index (χ3v) is 6.17. The summed E-state index contributed by atoms with van der Waals surface area (Å²) in [4.78, 5) is 4.84. The Hall–Kier alpha value is -0.820. The zero-order valence-corrected chi connectivity index (χ0v) is 17.6. The van der Waals surface area contributed by atoms with Crippen molar-refractivity contribution >= 4 is 29.9 Å². The Morgan fingerprint density at radius 1 is 1.36 bits per heavy atom. The van der Waals surface area contributed by atoms with Gasteiger partial charge < -0.3 is 15.4 Å². The van der Waals surface area contributed by atoms with Crippen LogP contribution in [-0.4, -0.2) is 31.3 Å². The summed E-state index contributed by atoms with van der Waals surface area (Å²) < 4.78 is 6.02. The Kier molecular flexibility index (Phi) is 5.93. The van der Waals surface area contributed by atoms with Gasteiger partial charge in [0.25, 0.3) is 0 Å². The van der Waals surface area contributed by atoms with E-state index >= 15 is 0 Å². The summed E-state index contributed by atoms with van der Waals surface area (Å²) in [7, 11) is 0. The topological polar surface area (TPSA) is 45.7 Å². The average Bonchev–Trinajstić information content (AvgIpc) is 2.94. The fraction of sp³-hybridized carbons (Fsp3) is 0.650. The molecule has 0 amide bonds. The number of ether oxygens (including phenoxy) is 1. The highest BCUT2D eigenvalue weighted by Crippen LogP contribution is 2.62. The Bertz CT molecular complexity index is 629. The van der Waals surface area contributed by atoms with Crippen molar-refractivity contribution in [2.45, 2.75) is 58.2 Å². The number of aryl methyl sites for hydroxylation is 1. The third kappa shape index (κ3) is 3.42. The molecule has 25 heavy (non-hydrogen) atoms. The van der Waals surface area contributed by atoms with Gasteiger partial charge in [0.2, 0.25) is 0 Å². The molecule has 2 saturated carbocycles. The van der Waals surface area contributed by atoms with Crippen molar-refractivity contribution < 1.29 is 4.74 Å². The van der Waals surface area contributed by atoms with Gasteiger partial charge in [0.05, 0.1) is 12.6 Å². The van der Waals surface area contributed by atoms with Crippen LogP contribution in [0, 0.1) is 18.3 Å². The van der Waals surface area contributed by atoms with Gasteiger partial charge in [-0.05, 0) is 38.7 Å². The number of hydrogen-bond acceptors (Lipinski definition) is 2. The molecule has 3 atom stereocenters. The van der Waals surface area contributed by atoms with Crippen LogP contribution in [0.2, 0.25) is 0 Å². The van der Waals surface area contributed by atoms with Crippen LogP contribution >= 0.6 is 24.0 Å². The van der Waals surface area contributed by atoms with E-state index in [1.54, 1.807) is 0 Å². The summed E-state index contributed by atoms with van der Waals surface area (Å²) in [6, 6.07) is 9.14. The van der Waals surface area contributed by atoms with Gasteiger partial charge >= 0.3 is 0 Å². The third-order valence-electron chi connectivity index (χ3n) is 6.17. The summed E-state index contributed by atoms with van der Waals surface area (Å²) in [5, 5.41) is 7.19. The molecule has 1 aromatic rings. The lowest BCUT2D eigenvalue weighted by Gasteiger charge is -2.63. The highest BCUT2D eigenvalue weighted by Gasteiger charge is 2.66. The predicted octanol–water partition coefficient (Wildman–Crippen LogP) is 3.63. The normalized spacial score (nSPS) is 29.2. The van der Waals surface area contributed by atoms with Gasteiger partial charge in [0.1, 0.15) is 0 Å². The monoisotopic (exact) mass is 455 g/mol. The van der Waals surface area contributed by atoms with Crippen molar-refractivity contribution in [1.29, 1.82) is 0 Å². The SMILES string of the molecule is CCNC(=NCc1cccc(C)c1)NC1C2CCOC2C12CCC2.I. The van der Waals surface area contributed by atoms with Crippen molar-refractivity contribution in [2.24, 2.45) is 16.3 Å². The standard InChI is InChI=1S/C20H29N3O.HI/c1-3-21-19(22-13-15-7-4-6-14(2)12-15)23-17-16-8-11-24-18(16)20(17)9-5-10-20;/h4,6-7,12,16-18H,3,5,8-11,13H2,1-2H3,(H2,21,22,23);1H. The lowest BCUT2D eigenvalue weighted by molar-refractivity contribution is -0.171. The molecule has 3 fully saturated rings. The summed E-state index contributed by atoms with van der Waals surface area (Å²) in [5.74, 6) is 1.63. The van der Waals surface area contributed by atoms with Gasteiger partial charge in [0.15, 0.2) is 5.96 Å². The van der Waals surface area contributed by atoms with Crippen LogP contribution < -0.4 is 10.6 Å². The Balaban J connectivity index is 0.00000182. The van der Waals surface area contributed by atoms with E-state index in [0.717, 1.165) is 25.7 Å². The number of rotatable bonds is 4. The molecule has 0 radical (unpaired) electrons. The Morgan fingerprint density at radius 2 is 2.20 bits per heavy atom.